The first-order valence-electron chi connectivity index (χ1n) is 7.68. The van der Waals surface area contributed by atoms with Crippen LogP contribution in [0.15, 0.2) is 30.3 Å². The second-order valence-corrected chi connectivity index (χ2v) is 5.64. The van der Waals surface area contributed by atoms with Crippen LogP contribution in [-0.4, -0.2) is 6.54 Å². The highest BCUT2D eigenvalue weighted by Crippen LogP contribution is 2.23. The molecule has 0 saturated heterocycles. The van der Waals surface area contributed by atoms with Crippen LogP contribution in [0.3, 0.4) is 0 Å². The lowest BCUT2D eigenvalue weighted by Crippen LogP contribution is -2.27. The Morgan fingerprint density at radius 1 is 1.06 bits per heavy atom. The van der Waals surface area contributed by atoms with E-state index in [0.717, 1.165) is 5.92 Å². The lowest BCUT2D eigenvalue weighted by Gasteiger charge is -2.21. The highest BCUT2D eigenvalue weighted by atomic mass is 14.9. The molecule has 0 aromatic heterocycles. The average Bonchev–Trinajstić information content (AvgIpc) is 2.69. The van der Waals surface area contributed by atoms with Gasteiger partial charge in [-0.2, -0.15) is 0 Å². The van der Waals surface area contributed by atoms with Crippen LogP contribution in [-0.2, 0) is 0 Å². The van der Waals surface area contributed by atoms with E-state index in [4.69, 9.17) is 0 Å². The van der Waals surface area contributed by atoms with Crippen molar-refractivity contribution in [1.29, 1.82) is 0 Å². The number of hydrogen-bond donors (Lipinski definition) is 1. The van der Waals surface area contributed by atoms with Crippen molar-refractivity contribution >= 4 is 0 Å². The highest BCUT2D eigenvalue weighted by Gasteiger charge is 2.14. The molecule has 0 radical (unpaired) electrons. The van der Waals surface area contributed by atoms with Gasteiger partial charge in [-0.25, -0.2) is 0 Å². The fourth-order valence-corrected chi connectivity index (χ4v) is 3.06. The normalized spacial score (nSPS) is 19.4. The van der Waals surface area contributed by atoms with Crippen LogP contribution in [0.2, 0.25) is 0 Å². The Balaban J connectivity index is 1.83. The van der Waals surface area contributed by atoms with Gasteiger partial charge in [-0.05, 0) is 37.3 Å². The maximum atomic E-state index is 3.78. The molecule has 1 saturated carbocycles. The molecule has 1 nitrogen and oxygen atoms in total. The zero-order valence-corrected chi connectivity index (χ0v) is 11.7. The minimum atomic E-state index is 0.537. The Labute approximate surface area is 112 Å². The van der Waals surface area contributed by atoms with Gasteiger partial charge in [0.15, 0.2) is 0 Å². The second kappa shape index (κ2) is 7.58. The first kappa shape index (κ1) is 13.6. The molecule has 0 amide bonds. The molecule has 1 atom stereocenters. The van der Waals surface area contributed by atoms with E-state index in [-0.39, 0.29) is 0 Å². The first-order valence-corrected chi connectivity index (χ1v) is 7.68. The summed E-state index contributed by atoms with van der Waals surface area (Å²) in [5.41, 5.74) is 1.44. The Hall–Kier alpha value is -0.820. The first-order chi connectivity index (χ1) is 8.90. The highest BCUT2D eigenvalue weighted by molar-refractivity contribution is 5.18. The maximum absolute atomic E-state index is 3.78. The zero-order chi connectivity index (χ0) is 12.6. The average molecular weight is 245 g/mol. The molecule has 1 aliphatic carbocycles. The van der Waals surface area contributed by atoms with E-state index in [0.29, 0.717) is 6.04 Å². The predicted octanol–water partition coefficient (Wildman–Crippen LogP) is 4.70. The molecular formula is C17H27N. The smallest absolute Gasteiger partial charge is 0.0317 e. The van der Waals surface area contributed by atoms with Crippen LogP contribution < -0.4 is 5.32 Å². The molecule has 100 valence electrons. The van der Waals surface area contributed by atoms with Crippen molar-refractivity contribution in [2.45, 2.75) is 57.9 Å². The molecule has 0 aliphatic heterocycles. The molecular weight excluding hydrogens is 218 g/mol. The van der Waals surface area contributed by atoms with E-state index in [1.165, 1.54) is 57.1 Å². The van der Waals surface area contributed by atoms with E-state index in [2.05, 4.69) is 42.6 Å². The van der Waals surface area contributed by atoms with Crippen LogP contribution >= 0.6 is 0 Å². The monoisotopic (exact) mass is 245 g/mol. The Morgan fingerprint density at radius 2 is 1.72 bits per heavy atom. The summed E-state index contributed by atoms with van der Waals surface area (Å²) in [6.45, 7) is 3.48. The van der Waals surface area contributed by atoms with Crippen molar-refractivity contribution in [3.8, 4) is 0 Å². The molecule has 1 N–H and O–H groups in total. The molecule has 1 aromatic carbocycles. The summed E-state index contributed by atoms with van der Waals surface area (Å²) in [7, 11) is 0. The van der Waals surface area contributed by atoms with Gasteiger partial charge >= 0.3 is 0 Å². The van der Waals surface area contributed by atoms with Crippen LogP contribution in [0.5, 0.6) is 0 Å². The van der Waals surface area contributed by atoms with Crippen molar-refractivity contribution in [3.63, 3.8) is 0 Å². The van der Waals surface area contributed by atoms with Crippen LogP contribution in [0.1, 0.15) is 63.5 Å². The maximum Gasteiger partial charge on any atom is 0.0317 e. The van der Waals surface area contributed by atoms with Gasteiger partial charge in [0.05, 0.1) is 0 Å². The number of benzene rings is 1. The fraction of sp³-hybridized carbons (Fsp3) is 0.647. The lowest BCUT2D eigenvalue weighted by molar-refractivity contribution is 0.390. The minimum absolute atomic E-state index is 0.537. The fourth-order valence-electron chi connectivity index (χ4n) is 3.06. The third-order valence-corrected chi connectivity index (χ3v) is 4.24. The third kappa shape index (κ3) is 4.13. The summed E-state index contributed by atoms with van der Waals surface area (Å²) < 4.78 is 0. The minimum Gasteiger partial charge on any atom is -0.310 e. The van der Waals surface area contributed by atoms with Crippen molar-refractivity contribution in [2.24, 2.45) is 5.92 Å². The van der Waals surface area contributed by atoms with Gasteiger partial charge in [-0.1, -0.05) is 62.9 Å². The van der Waals surface area contributed by atoms with E-state index >= 15 is 0 Å². The van der Waals surface area contributed by atoms with Crippen LogP contribution in [0.4, 0.5) is 0 Å². The van der Waals surface area contributed by atoms with Gasteiger partial charge in [-0.15, -0.1) is 0 Å². The van der Waals surface area contributed by atoms with Crippen molar-refractivity contribution in [3.05, 3.63) is 35.9 Å². The van der Waals surface area contributed by atoms with E-state index in [1.54, 1.807) is 0 Å². The molecule has 1 aromatic rings. The molecule has 0 spiro atoms. The molecule has 0 bridgehead atoms. The van der Waals surface area contributed by atoms with Gasteiger partial charge in [-0.3, -0.25) is 0 Å². The van der Waals surface area contributed by atoms with Crippen LogP contribution in [0, 0.1) is 5.92 Å². The van der Waals surface area contributed by atoms with Crippen molar-refractivity contribution in [2.75, 3.05) is 6.54 Å². The molecule has 1 unspecified atom stereocenters. The third-order valence-electron chi connectivity index (χ3n) is 4.24. The number of hydrogen-bond acceptors (Lipinski definition) is 1. The molecule has 1 fully saturated rings. The number of rotatable bonds is 5. The molecule has 18 heavy (non-hydrogen) atoms. The zero-order valence-electron chi connectivity index (χ0n) is 11.7. The predicted molar refractivity (Wildman–Crippen MR) is 78.7 cm³/mol. The number of nitrogens with one attached hydrogen (secondary N) is 1. The molecule has 2 rings (SSSR count). The largest absolute Gasteiger partial charge is 0.310 e. The van der Waals surface area contributed by atoms with Crippen LogP contribution in [0.25, 0.3) is 0 Å². The summed E-state index contributed by atoms with van der Waals surface area (Å²) in [5.74, 6) is 0.908. The lowest BCUT2D eigenvalue weighted by atomic mass is 9.98. The summed E-state index contributed by atoms with van der Waals surface area (Å²) in [6.07, 6.45) is 9.81. The summed E-state index contributed by atoms with van der Waals surface area (Å²) in [6, 6.07) is 11.4. The quantitative estimate of drug-likeness (QED) is 0.742. The van der Waals surface area contributed by atoms with Gasteiger partial charge in [0, 0.05) is 6.04 Å². The topological polar surface area (TPSA) is 12.0 Å². The summed E-state index contributed by atoms with van der Waals surface area (Å²) in [4.78, 5) is 0. The van der Waals surface area contributed by atoms with Crippen molar-refractivity contribution in [1.82, 2.24) is 5.32 Å². The van der Waals surface area contributed by atoms with Gasteiger partial charge in [0.25, 0.3) is 0 Å². The molecule has 1 aliphatic rings. The van der Waals surface area contributed by atoms with E-state index < -0.39 is 0 Å². The standard InChI is InChI=1S/C17H27N/c1-2-17(16-12-8-5-9-13-16)18-14-15-10-6-3-4-7-11-15/h5,8-9,12-13,15,17-18H,2-4,6-7,10-11,14H2,1H3. The Bertz CT molecular complexity index is 312. The Morgan fingerprint density at radius 3 is 2.33 bits per heavy atom. The van der Waals surface area contributed by atoms with Gasteiger partial charge in [0.1, 0.15) is 0 Å². The Kier molecular flexibility index (Phi) is 5.73. The van der Waals surface area contributed by atoms with Gasteiger partial charge < -0.3 is 5.32 Å². The molecule has 0 heterocycles. The summed E-state index contributed by atoms with van der Waals surface area (Å²) in [5, 5.41) is 3.78. The van der Waals surface area contributed by atoms with Gasteiger partial charge in [0.2, 0.25) is 0 Å². The van der Waals surface area contributed by atoms with Crippen molar-refractivity contribution < 1.29 is 0 Å². The summed E-state index contributed by atoms with van der Waals surface area (Å²) >= 11 is 0. The molecule has 1 heteroatoms. The van der Waals surface area contributed by atoms with E-state index in [1.807, 2.05) is 0 Å². The SMILES string of the molecule is CCC(NCC1CCCCCC1)c1ccccc1. The van der Waals surface area contributed by atoms with E-state index in [9.17, 15) is 0 Å². The second-order valence-electron chi connectivity index (χ2n) is 5.64.